The molecule has 0 aliphatic carbocycles. The van der Waals surface area contributed by atoms with Crippen LogP contribution in [0.3, 0.4) is 0 Å². The molecule has 0 aliphatic rings. The normalized spacial score (nSPS) is 11.7. The number of pyridine rings is 1. The maximum atomic E-state index is 12.9. The van der Waals surface area contributed by atoms with Gasteiger partial charge in [0.05, 0.1) is 5.52 Å². The number of rotatable bonds is 6. The van der Waals surface area contributed by atoms with E-state index in [1.807, 2.05) is 18.2 Å². The Hall–Kier alpha value is -2.10. The topological polar surface area (TPSA) is 62.0 Å². The molecule has 4 heteroatoms. The molecule has 0 amide bonds. The van der Waals surface area contributed by atoms with E-state index in [4.69, 9.17) is 0 Å². The summed E-state index contributed by atoms with van der Waals surface area (Å²) < 4.78 is 0. The molecule has 1 aromatic heterocycles. The lowest BCUT2D eigenvalue weighted by Gasteiger charge is -2.20. The standard InChI is InChI=1S/C20H28N2O2/c1-6-7-8-11-21-19-17(13(2)23)18(24)15-12-14(20(3,4)5)9-10-16(15)22-19/h9-10,12H,6-8,11H2,1-5H3,(H2,21,22,24). The molecule has 0 radical (unpaired) electrons. The van der Waals surface area contributed by atoms with Crippen molar-refractivity contribution in [1.29, 1.82) is 0 Å². The van der Waals surface area contributed by atoms with Crippen LogP contribution in [-0.2, 0) is 5.41 Å². The molecule has 2 rings (SSSR count). The lowest BCUT2D eigenvalue weighted by atomic mass is 9.86. The zero-order valence-corrected chi connectivity index (χ0v) is 15.4. The van der Waals surface area contributed by atoms with Gasteiger partial charge in [-0.3, -0.25) is 9.59 Å². The van der Waals surface area contributed by atoms with Crippen molar-refractivity contribution in [3.8, 4) is 0 Å². The van der Waals surface area contributed by atoms with Crippen LogP contribution in [0.2, 0.25) is 0 Å². The van der Waals surface area contributed by atoms with Crippen molar-refractivity contribution in [2.75, 3.05) is 11.9 Å². The number of Topliss-reactive ketones (excluding diaryl/α,β-unsaturated/α-hetero) is 1. The first-order valence-electron chi connectivity index (χ1n) is 8.71. The molecule has 2 aromatic rings. The highest BCUT2D eigenvalue weighted by atomic mass is 16.1. The van der Waals surface area contributed by atoms with E-state index in [1.54, 1.807) is 0 Å². The Morgan fingerprint density at radius 3 is 2.50 bits per heavy atom. The van der Waals surface area contributed by atoms with Crippen LogP contribution in [-0.4, -0.2) is 17.3 Å². The zero-order valence-electron chi connectivity index (χ0n) is 15.4. The lowest BCUT2D eigenvalue weighted by molar-refractivity contribution is 0.101. The van der Waals surface area contributed by atoms with E-state index in [-0.39, 0.29) is 22.2 Å². The van der Waals surface area contributed by atoms with E-state index in [9.17, 15) is 9.59 Å². The number of ketones is 1. The van der Waals surface area contributed by atoms with Gasteiger partial charge in [0.25, 0.3) is 0 Å². The number of unbranched alkanes of at least 4 members (excludes halogenated alkanes) is 2. The van der Waals surface area contributed by atoms with Gasteiger partial charge in [-0.25, -0.2) is 0 Å². The Balaban J connectivity index is 2.54. The van der Waals surface area contributed by atoms with Crippen molar-refractivity contribution in [3.05, 3.63) is 39.5 Å². The average Bonchev–Trinajstić information content (AvgIpc) is 2.50. The van der Waals surface area contributed by atoms with E-state index >= 15 is 0 Å². The van der Waals surface area contributed by atoms with Crippen molar-refractivity contribution in [2.24, 2.45) is 0 Å². The van der Waals surface area contributed by atoms with Gasteiger partial charge in [0.1, 0.15) is 11.4 Å². The highest BCUT2D eigenvalue weighted by Crippen LogP contribution is 2.25. The van der Waals surface area contributed by atoms with E-state index in [0.717, 1.165) is 36.9 Å². The monoisotopic (exact) mass is 328 g/mol. The number of aromatic nitrogens is 1. The summed E-state index contributed by atoms with van der Waals surface area (Å²) in [5.41, 5.74) is 1.83. The minimum absolute atomic E-state index is 0.0475. The number of fused-ring (bicyclic) bond motifs is 1. The molecule has 0 saturated heterocycles. The largest absolute Gasteiger partial charge is 0.371 e. The lowest BCUT2D eigenvalue weighted by Crippen LogP contribution is -2.20. The molecule has 1 heterocycles. The summed E-state index contributed by atoms with van der Waals surface area (Å²) in [5, 5.41) is 3.81. The Kier molecular flexibility index (Phi) is 5.47. The summed E-state index contributed by atoms with van der Waals surface area (Å²) in [4.78, 5) is 28.2. The van der Waals surface area contributed by atoms with Crippen LogP contribution in [0.1, 0.15) is 69.8 Å². The van der Waals surface area contributed by atoms with Crippen molar-refractivity contribution < 1.29 is 4.79 Å². The van der Waals surface area contributed by atoms with Crippen molar-refractivity contribution in [2.45, 2.75) is 59.3 Å². The molecular formula is C20H28N2O2. The van der Waals surface area contributed by atoms with Gasteiger partial charge in [-0.2, -0.15) is 0 Å². The van der Waals surface area contributed by atoms with Crippen LogP contribution in [0.25, 0.3) is 10.9 Å². The second kappa shape index (κ2) is 7.20. The van der Waals surface area contributed by atoms with Gasteiger partial charge < -0.3 is 10.3 Å². The fourth-order valence-electron chi connectivity index (χ4n) is 2.81. The molecular weight excluding hydrogens is 300 g/mol. The number of H-pyrrole nitrogens is 1. The summed E-state index contributed by atoms with van der Waals surface area (Å²) in [5.74, 6) is 0.330. The Labute approximate surface area is 143 Å². The van der Waals surface area contributed by atoms with Gasteiger partial charge >= 0.3 is 0 Å². The van der Waals surface area contributed by atoms with Crippen LogP contribution in [0, 0.1) is 0 Å². The molecule has 0 saturated carbocycles. The Bertz CT molecular complexity index is 798. The maximum Gasteiger partial charge on any atom is 0.202 e. The number of nitrogens with one attached hydrogen (secondary N) is 2. The Morgan fingerprint density at radius 1 is 1.21 bits per heavy atom. The highest BCUT2D eigenvalue weighted by Gasteiger charge is 2.19. The molecule has 24 heavy (non-hydrogen) atoms. The molecule has 0 aliphatic heterocycles. The van der Waals surface area contributed by atoms with E-state index in [1.165, 1.54) is 6.92 Å². The van der Waals surface area contributed by atoms with Gasteiger partial charge in [0.2, 0.25) is 5.43 Å². The SMILES string of the molecule is CCCCCNc1[nH]c2ccc(C(C)(C)C)cc2c(=O)c1C(C)=O. The van der Waals surface area contributed by atoms with Crippen LogP contribution < -0.4 is 10.7 Å². The second-order valence-corrected chi connectivity index (χ2v) is 7.40. The van der Waals surface area contributed by atoms with Crippen LogP contribution in [0.4, 0.5) is 5.82 Å². The number of hydrogen-bond acceptors (Lipinski definition) is 3. The first-order chi connectivity index (χ1) is 11.3. The van der Waals surface area contributed by atoms with Gasteiger partial charge in [-0.05, 0) is 36.5 Å². The number of carbonyl (C=O) groups is 1. The maximum absolute atomic E-state index is 12.9. The first-order valence-corrected chi connectivity index (χ1v) is 8.71. The molecule has 0 unspecified atom stereocenters. The third kappa shape index (κ3) is 3.86. The summed E-state index contributed by atoms with van der Waals surface area (Å²) in [6.07, 6.45) is 3.26. The predicted molar refractivity (Wildman–Crippen MR) is 101 cm³/mol. The number of aromatic amines is 1. The van der Waals surface area contributed by atoms with Crippen LogP contribution in [0.15, 0.2) is 23.0 Å². The number of benzene rings is 1. The van der Waals surface area contributed by atoms with Crippen molar-refractivity contribution in [3.63, 3.8) is 0 Å². The molecule has 0 bridgehead atoms. The number of hydrogen-bond donors (Lipinski definition) is 2. The zero-order chi connectivity index (χ0) is 17.9. The van der Waals surface area contributed by atoms with E-state index in [0.29, 0.717) is 11.2 Å². The minimum atomic E-state index is -0.211. The average molecular weight is 328 g/mol. The quantitative estimate of drug-likeness (QED) is 0.600. The number of anilines is 1. The van der Waals surface area contributed by atoms with E-state index in [2.05, 4.69) is 38.0 Å². The predicted octanol–water partition coefficient (Wildman–Crippen LogP) is 4.63. The number of carbonyl (C=O) groups excluding carboxylic acids is 1. The molecule has 0 fully saturated rings. The summed E-state index contributed by atoms with van der Waals surface area (Å²) >= 11 is 0. The van der Waals surface area contributed by atoms with Crippen molar-refractivity contribution >= 4 is 22.5 Å². The van der Waals surface area contributed by atoms with Gasteiger partial charge in [-0.15, -0.1) is 0 Å². The Morgan fingerprint density at radius 2 is 1.92 bits per heavy atom. The minimum Gasteiger partial charge on any atom is -0.371 e. The summed E-state index contributed by atoms with van der Waals surface area (Å²) in [6.45, 7) is 10.7. The fraction of sp³-hybridized carbons (Fsp3) is 0.500. The van der Waals surface area contributed by atoms with Crippen molar-refractivity contribution in [1.82, 2.24) is 4.98 Å². The molecule has 1 aromatic carbocycles. The molecule has 4 nitrogen and oxygen atoms in total. The summed E-state index contributed by atoms with van der Waals surface area (Å²) in [7, 11) is 0. The third-order valence-corrected chi connectivity index (χ3v) is 4.30. The summed E-state index contributed by atoms with van der Waals surface area (Å²) in [6, 6.07) is 5.87. The molecule has 0 spiro atoms. The van der Waals surface area contributed by atoms with Gasteiger partial charge in [0.15, 0.2) is 5.78 Å². The first kappa shape index (κ1) is 18.2. The second-order valence-electron chi connectivity index (χ2n) is 7.40. The van der Waals surface area contributed by atoms with Gasteiger partial charge in [0, 0.05) is 11.9 Å². The molecule has 0 atom stereocenters. The van der Waals surface area contributed by atoms with Gasteiger partial charge in [-0.1, -0.05) is 46.6 Å². The smallest absolute Gasteiger partial charge is 0.202 e. The van der Waals surface area contributed by atoms with E-state index < -0.39 is 0 Å². The molecule has 130 valence electrons. The van der Waals surface area contributed by atoms with Crippen LogP contribution in [0.5, 0.6) is 0 Å². The highest BCUT2D eigenvalue weighted by molar-refractivity contribution is 6.02. The molecule has 2 N–H and O–H groups in total. The van der Waals surface area contributed by atoms with Crippen LogP contribution >= 0.6 is 0 Å². The fourth-order valence-corrected chi connectivity index (χ4v) is 2.81. The third-order valence-electron chi connectivity index (χ3n) is 4.30.